The molecule has 1 aliphatic heterocycles. The van der Waals surface area contributed by atoms with Crippen LogP contribution in [0.5, 0.6) is 5.75 Å². The molecule has 1 aromatic heterocycles. The van der Waals surface area contributed by atoms with Gasteiger partial charge in [0.05, 0.1) is 17.9 Å². The Morgan fingerprint density at radius 3 is 2.59 bits per heavy atom. The zero-order valence-electron chi connectivity index (χ0n) is 17.5. The number of aryl methyl sites for hydroxylation is 2. The van der Waals surface area contributed by atoms with Crippen LogP contribution in [0.1, 0.15) is 23.7 Å². The van der Waals surface area contributed by atoms with Crippen molar-refractivity contribution < 1.29 is 9.15 Å². The first kappa shape index (κ1) is 19.5. The molecule has 3 aromatic rings. The normalized spacial score (nSPS) is 14.9. The molecule has 1 aliphatic rings. The number of oxazole rings is 1. The van der Waals surface area contributed by atoms with Crippen molar-refractivity contribution in [1.82, 2.24) is 9.88 Å². The molecule has 0 amide bonds. The van der Waals surface area contributed by atoms with Crippen molar-refractivity contribution in [2.24, 2.45) is 0 Å². The SMILES string of the molecule is CCOc1ccccc1-c1nc(CN2CCN(c3ccc(C)cc3C)CC2)co1. The smallest absolute Gasteiger partial charge is 0.229 e. The van der Waals surface area contributed by atoms with Crippen LogP contribution >= 0.6 is 0 Å². The van der Waals surface area contributed by atoms with Crippen molar-refractivity contribution in [2.75, 3.05) is 37.7 Å². The highest BCUT2D eigenvalue weighted by molar-refractivity contribution is 5.62. The lowest BCUT2D eigenvalue weighted by Crippen LogP contribution is -2.46. The Balaban J connectivity index is 1.38. The maximum atomic E-state index is 5.77. The van der Waals surface area contributed by atoms with Crippen LogP contribution in [0.2, 0.25) is 0 Å². The van der Waals surface area contributed by atoms with Gasteiger partial charge in [0.15, 0.2) is 0 Å². The average Bonchev–Trinajstić information content (AvgIpc) is 3.18. The third-order valence-electron chi connectivity index (χ3n) is 5.42. The molecule has 0 spiro atoms. The summed E-state index contributed by atoms with van der Waals surface area (Å²) in [7, 11) is 0. The lowest BCUT2D eigenvalue weighted by Gasteiger charge is -2.36. The van der Waals surface area contributed by atoms with Gasteiger partial charge in [-0.2, -0.15) is 0 Å². The van der Waals surface area contributed by atoms with Crippen molar-refractivity contribution in [1.29, 1.82) is 0 Å². The summed E-state index contributed by atoms with van der Waals surface area (Å²) in [5.74, 6) is 1.43. The highest BCUT2D eigenvalue weighted by Crippen LogP contribution is 2.29. The van der Waals surface area contributed by atoms with Crippen LogP contribution in [-0.2, 0) is 6.54 Å². The lowest BCUT2D eigenvalue weighted by molar-refractivity contribution is 0.247. The van der Waals surface area contributed by atoms with Crippen LogP contribution in [0.15, 0.2) is 53.1 Å². The maximum Gasteiger partial charge on any atom is 0.229 e. The van der Waals surface area contributed by atoms with E-state index in [1.807, 2.05) is 31.2 Å². The summed E-state index contributed by atoms with van der Waals surface area (Å²) in [5.41, 5.74) is 5.89. The zero-order valence-corrected chi connectivity index (χ0v) is 17.5. The third kappa shape index (κ3) is 4.46. The van der Waals surface area contributed by atoms with E-state index in [9.17, 15) is 0 Å². The van der Waals surface area contributed by atoms with Crippen molar-refractivity contribution in [3.8, 4) is 17.2 Å². The van der Waals surface area contributed by atoms with Crippen molar-refractivity contribution in [3.05, 3.63) is 65.5 Å². The predicted molar refractivity (Wildman–Crippen MR) is 117 cm³/mol. The maximum absolute atomic E-state index is 5.77. The van der Waals surface area contributed by atoms with Gasteiger partial charge in [-0.15, -0.1) is 0 Å². The van der Waals surface area contributed by atoms with Gasteiger partial charge in [0, 0.05) is 38.4 Å². The molecule has 0 radical (unpaired) electrons. The topological polar surface area (TPSA) is 41.7 Å². The van der Waals surface area contributed by atoms with Gasteiger partial charge >= 0.3 is 0 Å². The van der Waals surface area contributed by atoms with Crippen molar-refractivity contribution in [2.45, 2.75) is 27.3 Å². The molecular weight excluding hydrogens is 362 g/mol. The van der Waals surface area contributed by atoms with Crippen LogP contribution in [-0.4, -0.2) is 42.7 Å². The summed E-state index contributed by atoms with van der Waals surface area (Å²) in [6.07, 6.45) is 1.77. The fourth-order valence-electron chi connectivity index (χ4n) is 3.96. The summed E-state index contributed by atoms with van der Waals surface area (Å²) in [5, 5.41) is 0. The van der Waals surface area contributed by atoms with Gasteiger partial charge in [-0.1, -0.05) is 29.8 Å². The quantitative estimate of drug-likeness (QED) is 0.610. The molecule has 0 aliphatic carbocycles. The van der Waals surface area contributed by atoms with Gasteiger partial charge in [0.25, 0.3) is 0 Å². The molecule has 0 saturated carbocycles. The van der Waals surface area contributed by atoms with E-state index in [1.54, 1.807) is 6.26 Å². The minimum Gasteiger partial charge on any atom is -0.493 e. The molecule has 2 aromatic carbocycles. The van der Waals surface area contributed by atoms with E-state index < -0.39 is 0 Å². The molecule has 0 atom stereocenters. The zero-order chi connectivity index (χ0) is 20.2. The number of para-hydroxylation sites is 1. The number of piperazine rings is 1. The number of hydrogen-bond acceptors (Lipinski definition) is 5. The number of aromatic nitrogens is 1. The summed E-state index contributed by atoms with van der Waals surface area (Å²) in [6.45, 7) is 11.9. The Bertz CT molecular complexity index is 958. The Labute approximate surface area is 172 Å². The van der Waals surface area contributed by atoms with E-state index in [2.05, 4.69) is 41.8 Å². The number of anilines is 1. The molecule has 0 bridgehead atoms. The van der Waals surface area contributed by atoms with E-state index in [1.165, 1.54) is 16.8 Å². The van der Waals surface area contributed by atoms with Gasteiger partial charge < -0.3 is 14.1 Å². The van der Waals surface area contributed by atoms with Gasteiger partial charge in [-0.3, -0.25) is 4.90 Å². The van der Waals surface area contributed by atoms with Gasteiger partial charge in [0.1, 0.15) is 12.0 Å². The number of hydrogen-bond donors (Lipinski definition) is 0. The number of nitrogens with zero attached hydrogens (tertiary/aromatic N) is 3. The molecule has 0 N–H and O–H groups in total. The van der Waals surface area contributed by atoms with Crippen LogP contribution in [0.3, 0.4) is 0 Å². The fourth-order valence-corrected chi connectivity index (χ4v) is 3.96. The van der Waals surface area contributed by atoms with E-state index in [-0.39, 0.29) is 0 Å². The lowest BCUT2D eigenvalue weighted by atomic mass is 10.1. The molecular formula is C24H29N3O2. The number of ether oxygens (including phenoxy) is 1. The van der Waals surface area contributed by atoms with Crippen LogP contribution < -0.4 is 9.64 Å². The van der Waals surface area contributed by atoms with Gasteiger partial charge in [-0.05, 0) is 44.5 Å². The van der Waals surface area contributed by atoms with E-state index in [4.69, 9.17) is 14.1 Å². The summed E-state index contributed by atoms with van der Waals surface area (Å²) >= 11 is 0. The Hall–Kier alpha value is -2.79. The molecule has 0 unspecified atom stereocenters. The molecule has 152 valence electrons. The van der Waals surface area contributed by atoms with Crippen LogP contribution in [0, 0.1) is 13.8 Å². The molecule has 5 nitrogen and oxygen atoms in total. The monoisotopic (exact) mass is 391 g/mol. The largest absolute Gasteiger partial charge is 0.493 e. The van der Waals surface area contributed by atoms with E-state index >= 15 is 0 Å². The van der Waals surface area contributed by atoms with Crippen molar-refractivity contribution in [3.63, 3.8) is 0 Å². The standard InChI is InChI=1S/C24H29N3O2/c1-4-28-23-8-6-5-7-21(23)24-25-20(17-29-24)16-26-11-13-27(14-12-26)22-10-9-18(2)15-19(22)3/h5-10,15,17H,4,11-14,16H2,1-3H3. The van der Waals surface area contributed by atoms with E-state index in [0.29, 0.717) is 12.5 Å². The molecule has 1 saturated heterocycles. The molecule has 2 heterocycles. The van der Waals surface area contributed by atoms with Crippen molar-refractivity contribution >= 4 is 5.69 Å². The Morgan fingerprint density at radius 2 is 1.83 bits per heavy atom. The highest BCUT2D eigenvalue weighted by atomic mass is 16.5. The Morgan fingerprint density at radius 1 is 1.03 bits per heavy atom. The first-order chi connectivity index (χ1) is 14.1. The second-order valence-electron chi connectivity index (χ2n) is 7.63. The second-order valence-corrected chi connectivity index (χ2v) is 7.63. The highest BCUT2D eigenvalue weighted by Gasteiger charge is 2.20. The number of rotatable bonds is 6. The first-order valence-electron chi connectivity index (χ1n) is 10.3. The molecule has 4 rings (SSSR count). The summed E-state index contributed by atoms with van der Waals surface area (Å²) in [4.78, 5) is 9.64. The third-order valence-corrected chi connectivity index (χ3v) is 5.42. The first-order valence-corrected chi connectivity index (χ1v) is 10.3. The predicted octanol–water partition coefficient (Wildman–Crippen LogP) is 4.68. The fraction of sp³-hybridized carbons (Fsp3) is 0.375. The number of benzene rings is 2. The second kappa shape index (κ2) is 8.70. The summed E-state index contributed by atoms with van der Waals surface area (Å²) < 4.78 is 11.5. The minimum absolute atomic E-state index is 0.620. The average molecular weight is 392 g/mol. The van der Waals surface area contributed by atoms with Gasteiger partial charge in [0.2, 0.25) is 5.89 Å². The Kier molecular flexibility index (Phi) is 5.86. The van der Waals surface area contributed by atoms with Gasteiger partial charge in [-0.25, -0.2) is 4.98 Å². The summed E-state index contributed by atoms with van der Waals surface area (Å²) in [6, 6.07) is 14.6. The van der Waals surface area contributed by atoms with Crippen LogP contribution in [0.4, 0.5) is 5.69 Å². The van der Waals surface area contributed by atoms with E-state index in [0.717, 1.165) is 49.7 Å². The minimum atomic E-state index is 0.620. The molecule has 1 fully saturated rings. The molecule has 29 heavy (non-hydrogen) atoms. The van der Waals surface area contributed by atoms with Crippen LogP contribution in [0.25, 0.3) is 11.5 Å². The molecule has 5 heteroatoms.